The Morgan fingerprint density at radius 3 is 2.00 bits per heavy atom. The summed E-state index contributed by atoms with van der Waals surface area (Å²) in [5, 5.41) is 0. The molecular weight excluding hydrogens is 252 g/mol. The Morgan fingerprint density at radius 2 is 1.55 bits per heavy atom. The van der Waals surface area contributed by atoms with E-state index >= 15 is 0 Å². The van der Waals surface area contributed by atoms with E-state index in [1.165, 1.54) is 0 Å². The molecule has 0 bridgehead atoms. The lowest BCUT2D eigenvalue weighted by atomic mass is 9.93. The van der Waals surface area contributed by atoms with Crippen molar-refractivity contribution in [2.24, 2.45) is 11.3 Å². The predicted octanol–water partition coefficient (Wildman–Crippen LogP) is 4.11. The standard InChI is InChI=1S/C17H26O3/c1-14(13-18)9-11-19-15-5-7-16(8-6-15)20-12-10-17(2,3)4/h5-8,13-14H,9-12H2,1-4H3. The van der Waals surface area contributed by atoms with Crippen molar-refractivity contribution >= 4 is 6.29 Å². The van der Waals surface area contributed by atoms with Gasteiger partial charge < -0.3 is 14.3 Å². The summed E-state index contributed by atoms with van der Waals surface area (Å²) in [7, 11) is 0. The van der Waals surface area contributed by atoms with Crippen molar-refractivity contribution in [3.05, 3.63) is 24.3 Å². The molecule has 20 heavy (non-hydrogen) atoms. The highest BCUT2D eigenvalue weighted by atomic mass is 16.5. The molecule has 0 saturated heterocycles. The molecule has 0 saturated carbocycles. The van der Waals surface area contributed by atoms with E-state index in [4.69, 9.17) is 9.47 Å². The highest BCUT2D eigenvalue weighted by molar-refractivity contribution is 5.52. The van der Waals surface area contributed by atoms with Gasteiger partial charge in [-0.2, -0.15) is 0 Å². The van der Waals surface area contributed by atoms with Crippen LogP contribution in [0, 0.1) is 11.3 Å². The largest absolute Gasteiger partial charge is 0.494 e. The second-order valence-corrected chi connectivity index (χ2v) is 6.38. The number of carbonyl (C=O) groups is 1. The summed E-state index contributed by atoms with van der Waals surface area (Å²) in [6, 6.07) is 7.64. The van der Waals surface area contributed by atoms with Crippen LogP contribution in [0.5, 0.6) is 11.5 Å². The molecule has 0 aliphatic rings. The molecule has 1 aromatic carbocycles. The van der Waals surface area contributed by atoms with Crippen molar-refractivity contribution in [1.82, 2.24) is 0 Å². The van der Waals surface area contributed by atoms with E-state index in [0.717, 1.165) is 37.2 Å². The summed E-state index contributed by atoms with van der Waals surface area (Å²) in [5.74, 6) is 1.73. The average Bonchev–Trinajstić information content (AvgIpc) is 2.39. The third kappa shape index (κ3) is 7.17. The second kappa shape index (κ2) is 7.93. The molecule has 0 aromatic heterocycles. The fourth-order valence-electron chi connectivity index (χ4n) is 1.54. The van der Waals surface area contributed by atoms with Gasteiger partial charge in [0.1, 0.15) is 17.8 Å². The second-order valence-electron chi connectivity index (χ2n) is 6.38. The molecule has 1 unspecified atom stereocenters. The van der Waals surface area contributed by atoms with Gasteiger partial charge in [-0.15, -0.1) is 0 Å². The van der Waals surface area contributed by atoms with Crippen LogP contribution < -0.4 is 9.47 Å². The van der Waals surface area contributed by atoms with Gasteiger partial charge in [-0.3, -0.25) is 0 Å². The molecule has 0 aliphatic carbocycles. The topological polar surface area (TPSA) is 35.5 Å². The molecule has 0 heterocycles. The normalized spacial score (nSPS) is 12.8. The van der Waals surface area contributed by atoms with E-state index in [-0.39, 0.29) is 5.92 Å². The summed E-state index contributed by atoms with van der Waals surface area (Å²) in [5.41, 5.74) is 0.290. The fourth-order valence-corrected chi connectivity index (χ4v) is 1.54. The molecule has 0 spiro atoms. The molecule has 3 heteroatoms. The number of hydrogen-bond donors (Lipinski definition) is 0. The van der Waals surface area contributed by atoms with E-state index < -0.39 is 0 Å². The zero-order chi connectivity index (χ0) is 15.0. The molecule has 0 N–H and O–H groups in total. The third-order valence-electron chi connectivity index (χ3n) is 3.02. The van der Waals surface area contributed by atoms with Gasteiger partial charge in [0.05, 0.1) is 13.2 Å². The zero-order valence-electron chi connectivity index (χ0n) is 13.0. The lowest BCUT2D eigenvalue weighted by Crippen LogP contribution is -2.11. The van der Waals surface area contributed by atoms with Crippen LogP contribution in [0.2, 0.25) is 0 Å². The molecule has 1 aromatic rings. The summed E-state index contributed by atoms with van der Waals surface area (Å²) < 4.78 is 11.3. The highest BCUT2D eigenvalue weighted by Gasteiger charge is 2.09. The number of ether oxygens (including phenoxy) is 2. The number of aldehydes is 1. The number of carbonyl (C=O) groups excluding carboxylic acids is 1. The molecule has 0 radical (unpaired) electrons. The summed E-state index contributed by atoms with van der Waals surface area (Å²) in [4.78, 5) is 10.5. The molecule has 3 nitrogen and oxygen atoms in total. The maximum Gasteiger partial charge on any atom is 0.122 e. The van der Waals surface area contributed by atoms with Gasteiger partial charge >= 0.3 is 0 Å². The first kappa shape index (κ1) is 16.5. The minimum Gasteiger partial charge on any atom is -0.494 e. The van der Waals surface area contributed by atoms with Crippen LogP contribution in [0.25, 0.3) is 0 Å². The van der Waals surface area contributed by atoms with E-state index in [0.29, 0.717) is 12.0 Å². The van der Waals surface area contributed by atoms with Crippen LogP contribution in [-0.4, -0.2) is 19.5 Å². The lowest BCUT2D eigenvalue weighted by Gasteiger charge is -2.18. The Bertz CT molecular complexity index is 390. The van der Waals surface area contributed by atoms with Gasteiger partial charge in [0.25, 0.3) is 0 Å². The fraction of sp³-hybridized carbons (Fsp3) is 0.588. The van der Waals surface area contributed by atoms with Gasteiger partial charge in [-0.25, -0.2) is 0 Å². The van der Waals surface area contributed by atoms with E-state index in [9.17, 15) is 4.79 Å². The van der Waals surface area contributed by atoms with Gasteiger partial charge in [0.2, 0.25) is 0 Å². The molecule has 1 atom stereocenters. The van der Waals surface area contributed by atoms with Gasteiger partial charge in [-0.1, -0.05) is 27.7 Å². The Labute approximate surface area is 122 Å². The Balaban J connectivity index is 2.31. The molecule has 112 valence electrons. The molecule has 0 fully saturated rings. The third-order valence-corrected chi connectivity index (χ3v) is 3.02. The average molecular weight is 278 g/mol. The minimum atomic E-state index is 0.0509. The van der Waals surface area contributed by atoms with Crippen molar-refractivity contribution in [1.29, 1.82) is 0 Å². The molecule has 0 aliphatic heterocycles. The summed E-state index contributed by atoms with van der Waals surface area (Å²) >= 11 is 0. The van der Waals surface area contributed by atoms with Crippen molar-refractivity contribution in [2.45, 2.75) is 40.5 Å². The SMILES string of the molecule is CC(C=O)CCOc1ccc(OCCC(C)(C)C)cc1. The molecule has 0 amide bonds. The Kier molecular flexibility index (Phi) is 6.56. The number of hydrogen-bond acceptors (Lipinski definition) is 3. The van der Waals surface area contributed by atoms with Crippen LogP contribution in [0.1, 0.15) is 40.5 Å². The first-order chi connectivity index (χ1) is 9.40. The van der Waals surface area contributed by atoms with E-state index in [2.05, 4.69) is 20.8 Å². The molecular formula is C17H26O3. The van der Waals surface area contributed by atoms with Crippen molar-refractivity contribution in [2.75, 3.05) is 13.2 Å². The molecule has 1 rings (SSSR count). The Hall–Kier alpha value is -1.51. The summed E-state index contributed by atoms with van der Waals surface area (Å²) in [6.07, 6.45) is 2.72. The smallest absolute Gasteiger partial charge is 0.122 e. The van der Waals surface area contributed by atoms with Crippen LogP contribution in [0.4, 0.5) is 0 Å². The van der Waals surface area contributed by atoms with Gasteiger partial charge in [0.15, 0.2) is 0 Å². The monoisotopic (exact) mass is 278 g/mol. The summed E-state index contributed by atoms with van der Waals surface area (Å²) in [6.45, 7) is 9.78. The zero-order valence-corrected chi connectivity index (χ0v) is 13.0. The van der Waals surface area contributed by atoms with Crippen LogP contribution in [0.15, 0.2) is 24.3 Å². The lowest BCUT2D eigenvalue weighted by molar-refractivity contribution is -0.111. The first-order valence-corrected chi connectivity index (χ1v) is 7.22. The first-order valence-electron chi connectivity index (χ1n) is 7.22. The van der Waals surface area contributed by atoms with E-state index in [1.54, 1.807) is 0 Å². The van der Waals surface area contributed by atoms with Crippen molar-refractivity contribution in [3.8, 4) is 11.5 Å². The van der Waals surface area contributed by atoms with Crippen molar-refractivity contribution in [3.63, 3.8) is 0 Å². The van der Waals surface area contributed by atoms with Crippen LogP contribution in [0.3, 0.4) is 0 Å². The highest BCUT2D eigenvalue weighted by Crippen LogP contribution is 2.21. The minimum absolute atomic E-state index is 0.0509. The predicted molar refractivity (Wildman–Crippen MR) is 81.3 cm³/mol. The van der Waals surface area contributed by atoms with E-state index in [1.807, 2.05) is 31.2 Å². The van der Waals surface area contributed by atoms with Crippen LogP contribution in [-0.2, 0) is 4.79 Å². The Morgan fingerprint density at radius 1 is 1.05 bits per heavy atom. The number of benzene rings is 1. The maximum absolute atomic E-state index is 10.5. The van der Waals surface area contributed by atoms with Gasteiger partial charge in [0, 0.05) is 5.92 Å². The number of rotatable bonds is 8. The quantitative estimate of drug-likeness (QED) is 0.671. The van der Waals surface area contributed by atoms with Crippen LogP contribution >= 0.6 is 0 Å². The van der Waals surface area contributed by atoms with Crippen molar-refractivity contribution < 1.29 is 14.3 Å². The maximum atomic E-state index is 10.5. The van der Waals surface area contributed by atoms with Gasteiger partial charge in [-0.05, 0) is 42.5 Å².